The fourth-order valence-corrected chi connectivity index (χ4v) is 4.39. The summed E-state index contributed by atoms with van der Waals surface area (Å²) in [5, 5.41) is 5.24. The van der Waals surface area contributed by atoms with Crippen LogP contribution in [0.4, 0.5) is 0 Å². The number of hydrogen-bond acceptors (Lipinski definition) is 6. The van der Waals surface area contributed by atoms with Crippen molar-refractivity contribution in [2.24, 2.45) is 0 Å². The van der Waals surface area contributed by atoms with Crippen LogP contribution in [0.15, 0.2) is 26.2 Å². The van der Waals surface area contributed by atoms with Gasteiger partial charge in [0.25, 0.3) is 5.56 Å². The molecular weight excluding hydrogens is 526 g/mol. The molecule has 0 bridgehead atoms. The average molecular weight is 546 g/mol. The van der Waals surface area contributed by atoms with Crippen LogP contribution in [-0.2, 0) is 25.9 Å². The Morgan fingerprint density at radius 2 is 1.71 bits per heavy atom. The third kappa shape index (κ3) is 5.17. The van der Waals surface area contributed by atoms with Crippen LogP contribution in [0.1, 0.15) is 43.5 Å². The molecule has 0 saturated carbocycles. The standard InChI is InChI=1S/C21H20Cl4N6O3/c1-2-3-6-30-18-17(27-20(25)28-18)19(32)31(21(30)33)7-4-5-16-26-15(29-34-16)9-11-8-13(23)14(24)10-12(11)22/h8,10H,2-7,9H2,1H3,(H,27,28). The van der Waals surface area contributed by atoms with E-state index < -0.39 is 11.2 Å². The molecule has 3 aromatic heterocycles. The summed E-state index contributed by atoms with van der Waals surface area (Å²) in [4.78, 5) is 37.1. The predicted octanol–water partition coefficient (Wildman–Crippen LogP) is 4.91. The van der Waals surface area contributed by atoms with Crippen LogP contribution in [0.3, 0.4) is 0 Å². The third-order valence-corrected chi connectivity index (χ3v) is 6.54. The van der Waals surface area contributed by atoms with Gasteiger partial charge in [0.15, 0.2) is 17.0 Å². The van der Waals surface area contributed by atoms with Crippen LogP contribution < -0.4 is 11.2 Å². The van der Waals surface area contributed by atoms with Crippen molar-refractivity contribution in [3.05, 3.63) is 70.6 Å². The summed E-state index contributed by atoms with van der Waals surface area (Å²) in [6.07, 6.45) is 2.79. The highest BCUT2D eigenvalue weighted by molar-refractivity contribution is 6.43. The van der Waals surface area contributed by atoms with Crippen molar-refractivity contribution >= 4 is 57.6 Å². The van der Waals surface area contributed by atoms with Crippen molar-refractivity contribution < 1.29 is 4.52 Å². The first-order chi connectivity index (χ1) is 16.3. The van der Waals surface area contributed by atoms with Crippen molar-refractivity contribution in [1.82, 2.24) is 29.2 Å². The summed E-state index contributed by atoms with van der Waals surface area (Å²) >= 11 is 24.2. The van der Waals surface area contributed by atoms with Crippen LogP contribution >= 0.6 is 46.4 Å². The van der Waals surface area contributed by atoms with E-state index in [2.05, 4.69) is 20.1 Å². The highest BCUT2D eigenvalue weighted by atomic mass is 35.5. The van der Waals surface area contributed by atoms with E-state index in [1.165, 1.54) is 9.13 Å². The Balaban J connectivity index is 1.48. The van der Waals surface area contributed by atoms with Crippen molar-refractivity contribution in [3.8, 4) is 0 Å². The summed E-state index contributed by atoms with van der Waals surface area (Å²) in [6.45, 7) is 2.63. The maximum Gasteiger partial charge on any atom is 0.332 e. The van der Waals surface area contributed by atoms with Crippen molar-refractivity contribution in [3.63, 3.8) is 0 Å². The molecule has 0 aliphatic rings. The molecule has 180 valence electrons. The van der Waals surface area contributed by atoms with Gasteiger partial charge in [-0.05, 0) is 42.1 Å². The summed E-state index contributed by atoms with van der Waals surface area (Å²) in [7, 11) is 0. The first-order valence-electron chi connectivity index (χ1n) is 10.6. The number of unbranched alkanes of at least 4 members (excludes halogenated alkanes) is 1. The Kier molecular flexibility index (Phi) is 7.67. The van der Waals surface area contributed by atoms with Crippen LogP contribution in [0.25, 0.3) is 11.2 Å². The molecule has 0 atom stereocenters. The first kappa shape index (κ1) is 24.8. The normalized spacial score (nSPS) is 11.6. The Labute approximate surface area is 213 Å². The van der Waals surface area contributed by atoms with Crippen LogP contribution in [0.5, 0.6) is 0 Å². The number of nitrogens with one attached hydrogen (secondary N) is 1. The number of benzene rings is 1. The number of fused-ring (bicyclic) bond motifs is 1. The van der Waals surface area contributed by atoms with Crippen LogP contribution in [-0.4, -0.2) is 29.2 Å². The minimum atomic E-state index is -0.465. The third-order valence-electron chi connectivity index (χ3n) is 5.29. The van der Waals surface area contributed by atoms with E-state index in [4.69, 9.17) is 50.9 Å². The van der Waals surface area contributed by atoms with E-state index in [0.29, 0.717) is 58.2 Å². The molecule has 1 N–H and O–H groups in total. The molecule has 34 heavy (non-hydrogen) atoms. The fourth-order valence-electron chi connectivity index (χ4n) is 3.57. The highest BCUT2D eigenvalue weighted by Crippen LogP contribution is 2.30. The van der Waals surface area contributed by atoms with E-state index >= 15 is 0 Å². The Morgan fingerprint density at radius 3 is 2.47 bits per heavy atom. The fraction of sp³-hybridized carbons (Fsp3) is 0.381. The van der Waals surface area contributed by atoms with Crippen LogP contribution in [0, 0.1) is 0 Å². The van der Waals surface area contributed by atoms with Gasteiger partial charge in [0.2, 0.25) is 11.2 Å². The summed E-state index contributed by atoms with van der Waals surface area (Å²) in [5.74, 6) is 0.819. The predicted molar refractivity (Wildman–Crippen MR) is 131 cm³/mol. The van der Waals surface area contributed by atoms with Gasteiger partial charge in [0.1, 0.15) is 0 Å². The topological polar surface area (TPSA) is 112 Å². The van der Waals surface area contributed by atoms with Gasteiger partial charge in [-0.3, -0.25) is 13.9 Å². The number of halogens is 4. The maximum atomic E-state index is 13.0. The number of rotatable bonds is 9. The molecule has 13 heteroatoms. The maximum absolute atomic E-state index is 13.0. The average Bonchev–Trinajstić information content (AvgIpc) is 3.40. The number of nitrogens with zero attached hydrogens (tertiary/aromatic N) is 5. The van der Waals surface area contributed by atoms with Gasteiger partial charge in [-0.1, -0.05) is 53.3 Å². The van der Waals surface area contributed by atoms with E-state index in [0.717, 1.165) is 12.8 Å². The van der Waals surface area contributed by atoms with Gasteiger partial charge < -0.3 is 9.51 Å². The van der Waals surface area contributed by atoms with Gasteiger partial charge >= 0.3 is 5.69 Å². The van der Waals surface area contributed by atoms with E-state index in [-0.39, 0.29) is 23.0 Å². The molecule has 0 saturated heterocycles. The highest BCUT2D eigenvalue weighted by Gasteiger charge is 2.17. The van der Waals surface area contributed by atoms with Crippen LogP contribution in [0.2, 0.25) is 20.4 Å². The number of H-pyrrole nitrogens is 1. The van der Waals surface area contributed by atoms with Gasteiger partial charge in [0.05, 0.1) is 10.0 Å². The molecule has 9 nitrogen and oxygen atoms in total. The lowest BCUT2D eigenvalue weighted by molar-refractivity contribution is 0.367. The monoisotopic (exact) mass is 544 g/mol. The zero-order valence-electron chi connectivity index (χ0n) is 18.1. The lowest BCUT2D eigenvalue weighted by Crippen LogP contribution is -2.40. The lowest BCUT2D eigenvalue weighted by Gasteiger charge is -2.10. The minimum Gasteiger partial charge on any atom is -0.339 e. The lowest BCUT2D eigenvalue weighted by atomic mass is 10.1. The van der Waals surface area contributed by atoms with Gasteiger partial charge in [-0.25, -0.2) is 4.79 Å². The Hall–Kier alpha value is -2.33. The second-order valence-electron chi connectivity index (χ2n) is 7.71. The molecule has 3 heterocycles. The van der Waals surface area contributed by atoms with E-state index in [1.807, 2.05) is 6.92 Å². The molecule has 0 unspecified atom stereocenters. The molecule has 0 aliphatic carbocycles. The zero-order valence-corrected chi connectivity index (χ0v) is 21.1. The van der Waals surface area contributed by atoms with Crippen molar-refractivity contribution in [2.75, 3.05) is 0 Å². The number of hydrogen-bond donors (Lipinski definition) is 1. The smallest absolute Gasteiger partial charge is 0.332 e. The SMILES string of the molecule is CCCCn1c(=O)n(CCCc2nc(Cc3cc(Cl)c(Cl)cc3Cl)no2)c(=O)c2[nH]c(Cl)nc21. The molecule has 0 radical (unpaired) electrons. The first-order valence-corrected chi connectivity index (χ1v) is 12.1. The molecule has 0 spiro atoms. The zero-order chi connectivity index (χ0) is 24.4. The second kappa shape index (κ2) is 10.5. The quantitative estimate of drug-likeness (QED) is 0.236. The number of aryl methyl sites for hydroxylation is 2. The van der Waals surface area contributed by atoms with E-state index in [9.17, 15) is 9.59 Å². The van der Waals surface area contributed by atoms with Crippen molar-refractivity contribution in [2.45, 2.75) is 52.1 Å². The Bertz CT molecular complexity index is 1460. The van der Waals surface area contributed by atoms with Gasteiger partial charge in [-0.2, -0.15) is 9.97 Å². The van der Waals surface area contributed by atoms with Gasteiger partial charge in [0, 0.05) is 31.0 Å². The second-order valence-corrected chi connectivity index (χ2v) is 9.29. The molecule has 1 aromatic carbocycles. The summed E-state index contributed by atoms with van der Waals surface area (Å²) in [5.41, 5.74) is 0.308. The van der Waals surface area contributed by atoms with Crippen molar-refractivity contribution in [1.29, 1.82) is 0 Å². The molecular formula is C21H20Cl4N6O3. The van der Waals surface area contributed by atoms with Gasteiger partial charge in [-0.15, -0.1) is 0 Å². The molecule has 4 aromatic rings. The summed E-state index contributed by atoms with van der Waals surface area (Å²) < 4.78 is 7.97. The Morgan fingerprint density at radius 1 is 0.971 bits per heavy atom. The number of imidazole rings is 1. The minimum absolute atomic E-state index is 0.0648. The molecule has 0 fully saturated rings. The van der Waals surface area contributed by atoms with E-state index in [1.54, 1.807) is 12.1 Å². The molecule has 0 aliphatic heterocycles. The number of aromatic nitrogens is 6. The molecule has 4 rings (SSSR count). The molecule has 0 amide bonds. The number of aromatic amines is 1. The summed E-state index contributed by atoms with van der Waals surface area (Å²) in [6, 6.07) is 3.23. The largest absolute Gasteiger partial charge is 0.339 e.